The third-order valence-corrected chi connectivity index (χ3v) is 0.994. The van der Waals surface area contributed by atoms with E-state index in [0.29, 0.717) is 6.42 Å². The topological polar surface area (TPSA) is 217 Å². The second kappa shape index (κ2) is 16.6. The van der Waals surface area contributed by atoms with E-state index < -0.39 is 16.4 Å². The monoisotopic (exact) mass is 265 g/mol. The number of carboxylic acid groups (broad SMARTS) is 1. The van der Waals surface area contributed by atoms with E-state index >= 15 is 0 Å². The van der Waals surface area contributed by atoms with Gasteiger partial charge in [0.25, 0.3) is 0 Å². The van der Waals surface area contributed by atoms with Gasteiger partial charge in [-0.25, -0.2) is 0 Å². The van der Waals surface area contributed by atoms with Crippen LogP contribution < -0.4 is 18.5 Å². The second-order valence-corrected chi connectivity index (χ2v) is 3.19. The molecule has 0 aromatic rings. The third-order valence-electron chi connectivity index (χ3n) is 0.994. The second-order valence-electron chi connectivity index (χ2n) is 2.30. The van der Waals surface area contributed by atoms with E-state index in [1.54, 1.807) is 0 Å². The highest BCUT2D eigenvalue weighted by Crippen LogP contribution is 1.97. The summed E-state index contributed by atoms with van der Waals surface area (Å²) < 4.78 is 31.6. The van der Waals surface area contributed by atoms with E-state index in [1.165, 1.54) is 0 Å². The molecule has 0 radical (unpaired) electrons. The summed E-state index contributed by atoms with van der Waals surface area (Å²) in [6.45, 7) is 2.06. The lowest BCUT2D eigenvalue weighted by Crippen LogP contribution is -1.92. The number of hydrogen-bond donors (Lipinski definition) is 6. The van der Waals surface area contributed by atoms with Gasteiger partial charge in [0.1, 0.15) is 0 Å². The minimum absolute atomic E-state index is 0. The highest BCUT2D eigenvalue weighted by atomic mass is 32.3. The Balaban J connectivity index is -0.0000000454. The highest BCUT2D eigenvalue weighted by Gasteiger charge is 1.92. The van der Waals surface area contributed by atoms with E-state index in [4.69, 9.17) is 22.6 Å². The molecule has 0 spiro atoms. The molecule has 9 nitrogen and oxygen atoms in total. The Labute approximate surface area is 95.6 Å². The number of aliphatic carboxylic acids is 1. The fourth-order valence-electron chi connectivity index (χ4n) is 0.526. The summed E-state index contributed by atoms with van der Waals surface area (Å²) in [5.74, 6) is -0.682. The van der Waals surface area contributed by atoms with Gasteiger partial charge in [-0.2, -0.15) is 8.42 Å². The van der Waals surface area contributed by atoms with E-state index in [2.05, 4.69) is 6.92 Å². The number of hydrogen-bond acceptors (Lipinski definition) is 6. The molecule has 0 aliphatic carbocycles. The van der Waals surface area contributed by atoms with Gasteiger partial charge in [0, 0.05) is 6.42 Å². The maximum absolute atomic E-state index is 9.87. The average molecular weight is 265 g/mol. The van der Waals surface area contributed by atoms with Crippen molar-refractivity contribution in [1.82, 2.24) is 18.5 Å². The zero-order valence-corrected chi connectivity index (χ0v) is 10.2. The fourth-order valence-corrected chi connectivity index (χ4v) is 0.526. The van der Waals surface area contributed by atoms with Crippen molar-refractivity contribution in [2.45, 2.75) is 32.6 Å². The van der Waals surface area contributed by atoms with Gasteiger partial charge in [-0.05, 0) is 6.42 Å². The van der Waals surface area contributed by atoms with Crippen molar-refractivity contribution in [3.05, 3.63) is 0 Å². The first-order chi connectivity index (χ1) is 5.77. The van der Waals surface area contributed by atoms with Gasteiger partial charge < -0.3 is 23.6 Å². The quantitative estimate of drug-likeness (QED) is 0.319. The van der Waals surface area contributed by atoms with Crippen LogP contribution in [0.2, 0.25) is 0 Å². The summed E-state index contributed by atoms with van der Waals surface area (Å²) in [6, 6.07) is 0. The molecule has 0 amide bonds. The van der Waals surface area contributed by atoms with Crippen LogP contribution in [0.15, 0.2) is 0 Å². The molecule has 0 saturated carbocycles. The summed E-state index contributed by atoms with van der Waals surface area (Å²) in [5.41, 5.74) is 0. The molecule has 0 aliphatic heterocycles. The van der Waals surface area contributed by atoms with Crippen LogP contribution in [0.4, 0.5) is 0 Å². The molecule has 12 N–H and O–H groups in total. The molecule has 0 unspecified atom stereocenters. The molecule has 104 valence electrons. The van der Waals surface area contributed by atoms with Gasteiger partial charge in [-0.3, -0.25) is 13.9 Å². The normalized spacial score (nSPS) is 8.19. The van der Waals surface area contributed by atoms with Crippen molar-refractivity contribution in [2.75, 3.05) is 0 Å². The van der Waals surface area contributed by atoms with E-state index in [0.717, 1.165) is 19.3 Å². The Morgan fingerprint density at radius 2 is 1.38 bits per heavy atom. The highest BCUT2D eigenvalue weighted by molar-refractivity contribution is 7.79. The molecular weight excluding hydrogens is 242 g/mol. The summed E-state index contributed by atoms with van der Waals surface area (Å²) in [4.78, 5) is 9.87. The molecule has 0 atom stereocenters. The average Bonchev–Trinajstić information content (AvgIpc) is 1.83. The van der Waals surface area contributed by atoms with E-state index in [-0.39, 0.29) is 18.5 Å². The number of carboxylic acids is 1. The Hall–Kier alpha value is -0.780. The molecule has 0 bridgehead atoms. The first-order valence-electron chi connectivity index (χ1n) is 3.69. The zero-order chi connectivity index (χ0) is 10.9. The standard InChI is InChI=1S/C6H12O2.3H3N.H2O4S/c1-2-3-4-5-6(7)8;;;;1-5(2,3)4/h2-5H2,1H3,(H,7,8);3*1H3;(H2,1,2,3,4). The van der Waals surface area contributed by atoms with Crippen molar-refractivity contribution in [1.29, 1.82) is 0 Å². The molecule has 0 aliphatic rings. The van der Waals surface area contributed by atoms with Gasteiger partial charge in [0.05, 0.1) is 0 Å². The number of carbonyl (C=O) groups is 1. The van der Waals surface area contributed by atoms with E-state index in [1.807, 2.05) is 0 Å². The van der Waals surface area contributed by atoms with Crippen molar-refractivity contribution >= 4 is 16.4 Å². The van der Waals surface area contributed by atoms with Crippen molar-refractivity contribution in [3.8, 4) is 0 Å². The predicted octanol–water partition coefficient (Wildman–Crippen LogP) is 1.48. The first kappa shape index (κ1) is 29.5. The van der Waals surface area contributed by atoms with Crippen molar-refractivity contribution in [2.24, 2.45) is 0 Å². The van der Waals surface area contributed by atoms with E-state index in [9.17, 15) is 4.79 Å². The van der Waals surface area contributed by atoms with Gasteiger partial charge >= 0.3 is 16.4 Å². The predicted molar refractivity (Wildman–Crippen MR) is 61.0 cm³/mol. The largest absolute Gasteiger partial charge is 0.481 e. The smallest absolute Gasteiger partial charge is 0.394 e. The number of unbranched alkanes of at least 4 members (excludes halogenated alkanes) is 2. The van der Waals surface area contributed by atoms with Gasteiger partial charge in [-0.1, -0.05) is 19.8 Å². The maximum atomic E-state index is 9.87. The van der Waals surface area contributed by atoms with Crippen LogP contribution >= 0.6 is 0 Å². The Bertz CT molecular complexity index is 222. The molecule has 0 aromatic carbocycles. The maximum Gasteiger partial charge on any atom is 0.394 e. The Morgan fingerprint density at radius 1 is 1.06 bits per heavy atom. The molecule has 0 aromatic heterocycles. The van der Waals surface area contributed by atoms with Crippen LogP contribution in [0.25, 0.3) is 0 Å². The minimum atomic E-state index is -4.67. The van der Waals surface area contributed by atoms with Crippen LogP contribution in [0.5, 0.6) is 0 Å². The van der Waals surface area contributed by atoms with Crippen LogP contribution in [0.1, 0.15) is 32.6 Å². The Kier molecular flexibility index (Phi) is 30.6. The lowest BCUT2D eigenvalue weighted by Gasteiger charge is -1.89. The van der Waals surface area contributed by atoms with Crippen molar-refractivity contribution in [3.63, 3.8) is 0 Å². The summed E-state index contributed by atoms with van der Waals surface area (Å²) >= 11 is 0. The SMILES string of the molecule is CCCCCC(=O)O.N.N.N.O=S(=O)(O)O. The molecule has 16 heavy (non-hydrogen) atoms. The summed E-state index contributed by atoms with van der Waals surface area (Å²) in [5, 5.41) is 8.14. The molecule has 10 heteroatoms. The fraction of sp³-hybridized carbons (Fsp3) is 0.833. The molecule has 0 rings (SSSR count). The van der Waals surface area contributed by atoms with Gasteiger partial charge in [0.2, 0.25) is 0 Å². The lowest BCUT2D eigenvalue weighted by molar-refractivity contribution is -0.137. The first-order valence-corrected chi connectivity index (χ1v) is 5.08. The van der Waals surface area contributed by atoms with Crippen LogP contribution in [0.3, 0.4) is 0 Å². The van der Waals surface area contributed by atoms with Gasteiger partial charge in [0.15, 0.2) is 0 Å². The number of rotatable bonds is 4. The van der Waals surface area contributed by atoms with Crippen molar-refractivity contribution < 1.29 is 27.4 Å². The zero-order valence-electron chi connectivity index (χ0n) is 9.42. The van der Waals surface area contributed by atoms with Gasteiger partial charge in [-0.15, -0.1) is 0 Å². The summed E-state index contributed by atoms with van der Waals surface area (Å²) in [6.07, 6.45) is 3.28. The molecule has 0 saturated heterocycles. The molecule has 0 heterocycles. The van der Waals surface area contributed by atoms with Crippen LogP contribution in [-0.4, -0.2) is 28.6 Å². The third kappa shape index (κ3) is 111. The molecular formula is C6H23N3O6S. The molecule has 0 fully saturated rings. The Morgan fingerprint density at radius 3 is 1.56 bits per heavy atom. The van der Waals surface area contributed by atoms with Crippen LogP contribution in [0, 0.1) is 0 Å². The van der Waals surface area contributed by atoms with Crippen LogP contribution in [-0.2, 0) is 15.2 Å². The minimum Gasteiger partial charge on any atom is -0.481 e. The summed E-state index contributed by atoms with van der Waals surface area (Å²) in [7, 11) is -4.67. The lowest BCUT2D eigenvalue weighted by atomic mass is 10.2.